The molecule has 1 saturated carbocycles. The highest BCUT2D eigenvalue weighted by molar-refractivity contribution is 8.16. The van der Waals surface area contributed by atoms with E-state index >= 15 is 0 Å². The molecule has 0 heterocycles. The van der Waals surface area contributed by atoms with Gasteiger partial charge in [0.2, 0.25) is 0 Å². The average molecular weight is 158 g/mol. The molecule has 0 N–H and O–H groups in total. The molecule has 3 heteroatoms. The molecule has 10 heavy (non-hydrogen) atoms. The van der Waals surface area contributed by atoms with Gasteiger partial charge in [-0.25, -0.2) is 0 Å². The SMILES string of the molecule is CS(C)=C1C(=O)CCC1=O. The summed E-state index contributed by atoms with van der Waals surface area (Å²) >= 11 is 0. The number of carbonyl (C=O) groups excluding carboxylic acids is 2. The second kappa shape index (κ2) is 2.66. The monoisotopic (exact) mass is 158 g/mol. The smallest absolute Gasteiger partial charge is 0.172 e. The third-order valence-electron chi connectivity index (χ3n) is 1.49. The lowest BCUT2D eigenvalue weighted by atomic mass is 10.3. The zero-order valence-electron chi connectivity index (χ0n) is 6.14. The molecule has 0 aliphatic heterocycles. The first-order valence-corrected chi connectivity index (χ1v) is 5.18. The fraction of sp³-hybridized carbons (Fsp3) is 0.571. The zero-order valence-corrected chi connectivity index (χ0v) is 6.96. The standard InChI is InChI=1S/C7H10O2S/c1-10(2)7-5(8)3-4-6(7)9/h3-4H2,1-2H3. The van der Waals surface area contributed by atoms with Gasteiger partial charge in [0.25, 0.3) is 0 Å². The summed E-state index contributed by atoms with van der Waals surface area (Å²) in [7, 11) is -0.133. The van der Waals surface area contributed by atoms with E-state index in [4.69, 9.17) is 0 Å². The number of ketones is 2. The van der Waals surface area contributed by atoms with Gasteiger partial charge in [-0.2, -0.15) is 10.5 Å². The Bertz CT molecular complexity index is 206. The minimum absolute atomic E-state index is 0.0679. The molecule has 0 aromatic heterocycles. The van der Waals surface area contributed by atoms with Gasteiger partial charge in [-0.1, -0.05) is 0 Å². The number of hydrogen-bond acceptors (Lipinski definition) is 2. The molecule has 0 saturated heterocycles. The topological polar surface area (TPSA) is 34.1 Å². The molecule has 2 nitrogen and oxygen atoms in total. The molecule has 1 aliphatic carbocycles. The Balaban J connectivity index is 3.05. The van der Waals surface area contributed by atoms with E-state index in [0.717, 1.165) is 0 Å². The Labute approximate surface area is 62.5 Å². The molecule has 1 rings (SSSR count). The summed E-state index contributed by atoms with van der Waals surface area (Å²) in [5.74, 6) is 0.136. The predicted molar refractivity (Wildman–Crippen MR) is 43.7 cm³/mol. The van der Waals surface area contributed by atoms with Crippen LogP contribution in [-0.2, 0) is 9.59 Å². The Hall–Kier alpha value is -0.440. The molecule has 0 atom stereocenters. The lowest BCUT2D eigenvalue weighted by Crippen LogP contribution is -2.12. The quantitative estimate of drug-likeness (QED) is 0.484. The van der Waals surface area contributed by atoms with Crippen LogP contribution in [0.2, 0.25) is 0 Å². The highest BCUT2D eigenvalue weighted by Gasteiger charge is 2.26. The average Bonchev–Trinajstić information content (AvgIpc) is 2.11. The Kier molecular flexibility index (Phi) is 2.04. The maximum Gasteiger partial charge on any atom is 0.172 e. The number of rotatable bonds is 0. The van der Waals surface area contributed by atoms with Crippen molar-refractivity contribution in [1.82, 2.24) is 0 Å². The fourth-order valence-corrected chi connectivity index (χ4v) is 2.18. The van der Waals surface area contributed by atoms with Crippen molar-refractivity contribution >= 4 is 26.9 Å². The third kappa shape index (κ3) is 1.19. The number of hydrogen-bond donors (Lipinski definition) is 0. The van der Waals surface area contributed by atoms with Crippen LogP contribution in [0.1, 0.15) is 12.8 Å². The van der Waals surface area contributed by atoms with Crippen molar-refractivity contribution < 1.29 is 9.59 Å². The molecular weight excluding hydrogens is 148 g/mol. The van der Waals surface area contributed by atoms with Gasteiger partial charge in [0.1, 0.15) is 0 Å². The lowest BCUT2D eigenvalue weighted by Gasteiger charge is -1.95. The molecule has 0 amide bonds. The van der Waals surface area contributed by atoms with Crippen LogP contribution in [0, 0.1) is 0 Å². The summed E-state index contributed by atoms with van der Waals surface area (Å²) in [5, 5.41) is 0. The molecule has 0 bridgehead atoms. The van der Waals surface area contributed by atoms with Crippen LogP contribution in [-0.4, -0.2) is 28.9 Å². The summed E-state index contributed by atoms with van der Waals surface area (Å²) < 4.78 is 0. The molecule has 0 aromatic rings. The van der Waals surface area contributed by atoms with Crippen LogP contribution in [0.4, 0.5) is 0 Å². The molecule has 0 radical (unpaired) electrons. The summed E-state index contributed by atoms with van der Waals surface area (Å²) in [5.41, 5.74) is 0. The van der Waals surface area contributed by atoms with E-state index < -0.39 is 0 Å². The maximum absolute atomic E-state index is 11.0. The van der Waals surface area contributed by atoms with E-state index in [0.29, 0.717) is 17.7 Å². The van der Waals surface area contributed by atoms with Crippen molar-refractivity contribution in [2.24, 2.45) is 0 Å². The highest BCUT2D eigenvalue weighted by Crippen LogP contribution is 2.15. The van der Waals surface area contributed by atoms with Crippen LogP contribution in [0.25, 0.3) is 0 Å². The van der Waals surface area contributed by atoms with Gasteiger partial charge in [-0.05, 0) is 12.5 Å². The van der Waals surface area contributed by atoms with Crippen molar-refractivity contribution in [1.29, 1.82) is 0 Å². The summed E-state index contributed by atoms with van der Waals surface area (Å²) in [6, 6.07) is 0. The van der Waals surface area contributed by atoms with Crippen LogP contribution in [0.15, 0.2) is 0 Å². The fourth-order valence-electron chi connectivity index (χ4n) is 1.06. The van der Waals surface area contributed by atoms with Gasteiger partial charge < -0.3 is 0 Å². The van der Waals surface area contributed by atoms with Gasteiger partial charge >= 0.3 is 0 Å². The third-order valence-corrected chi connectivity index (χ3v) is 2.77. The minimum atomic E-state index is -0.133. The highest BCUT2D eigenvalue weighted by atomic mass is 32.2. The first-order valence-electron chi connectivity index (χ1n) is 3.14. The minimum Gasteiger partial charge on any atom is -0.293 e. The van der Waals surface area contributed by atoms with Crippen LogP contribution < -0.4 is 0 Å². The van der Waals surface area contributed by atoms with E-state index in [1.165, 1.54) is 0 Å². The summed E-state index contributed by atoms with van der Waals surface area (Å²) in [4.78, 5) is 22.5. The molecule has 1 aliphatic rings. The van der Waals surface area contributed by atoms with Gasteiger partial charge in [-0.15, -0.1) is 0 Å². The Morgan fingerprint density at radius 2 is 1.50 bits per heavy atom. The van der Waals surface area contributed by atoms with Crippen molar-refractivity contribution in [3.05, 3.63) is 0 Å². The normalized spacial score (nSPS) is 19.3. The lowest BCUT2D eigenvalue weighted by molar-refractivity contribution is -0.112. The largest absolute Gasteiger partial charge is 0.293 e. The second-order valence-corrected chi connectivity index (χ2v) is 4.53. The molecule has 56 valence electrons. The van der Waals surface area contributed by atoms with Crippen LogP contribution >= 0.6 is 10.5 Å². The molecule has 0 aromatic carbocycles. The van der Waals surface area contributed by atoms with Crippen molar-refractivity contribution in [2.45, 2.75) is 12.8 Å². The first kappa shape index (κ1) is 7.66. The number of carbonyl (C=O) groups is 2. The second-order valence-electron chi connectivity index (χ2n) is 2.49. The summed E-state index contributed by atoms with van der Waals surface area (Å²) in [6.45, 7) is 0. The Morgan fingerprint density at radius 1 is 1.10 bits per heavy atom. The van der Waals surface area contributed by atoms with Gasteiger partial charge in [-0.3, -0.25) is 9.59 Å². The number of Topliss-reactive ketones (excluding diaryl/α,β-unsaturated/α-hetero) is 2. The predicted octanol–water partition coefficient (Wildman–Crippen LogP) is 0.619. The van der Waals surface area contributed by atoms with Gasteiger partial charge in [0, 0.05) is 12.8 Å². The van der Waals surface area contributed by atoms with Gasteiger partial charge in [0.15, 0.2) is 11.6 Å². The van der Waals surface area contributed by atoms with E-state index in [2.05, 4.69) is 0 Å². The zero-order chi connectivity index (χ0) is 7.72. The van der Waals surface area contributed by atoms with Crippen molar-refractivity contribution in [2.75, 3.05) is 12.5 Å². The summed E-state index contributed by atoms with van der Waals surface area (Å²) in [6.07, 6.45) is 4.71. The van der Waals surface area contributed by atoms with E-state index in [-0.39, 0.29) is 22.1 Å². The molecule has 1 fully saturated rings. The van der Waals surface area contributed by atoms with E-state index in [1.807, 2.05) is 12.5 Å². The van der Waals surface area contributed by atoms with Crippen molar-refractivity contribution in [3.63, 3.8) is 0 Å². The maximum atomic E-state index is 11.0. The Morgan fingerprint density at radius 3 is 1.70 bits per heavy atom. The van der Waals surface area contributed by atoms with Crippen LogP contribution in [0.5, 0.6) is 0 Å². The first-order chi connectivity index (χ1) is 4.63. The van der Waals surface area contributed by atoms with E-state index in [1.54, 1.807) is 0 Å². The molecule has 0 spiro atoms. The molecule has 0 unspecified atom stereocenters. The van der Waals surface area contributed by atoms with E-state index in [9.17, 15) is 9.59 Å². The van der Waals surface area contributed by atoms with Crippen molar-refractivity contribution in [3.8, 4) is 0 Å². The van der Waals surface area contributed by atoms with Gasteiger partial charge in [0.05, 0.1) is 4.86 Å². The van der Waals surface area contributed by atoms with Crippen LogP contribution in [0.3, 0.4) is 0 Å². The molecular formula is C7H10O2S.